The van der Waals surface area contributed by atoms with Gasteiger partial charge in [-0.05, 0) is 24.7 Å². The number of likely N-dealkylation sites (tertiary alicyclic amines) is 1. The highest BCUT2D eigenvalue weighted by Gasteiger charge is 2.48. The minimum Gasteiger partial charge on any atom is -0.481 e. The van der Waals surface area contributed by atoms with Gasteiger partial charge in [0.1, 0.15) is 0 Å². The van der Waals surface area contributed by atoms with Crippen LogP contribution in [0.3, 0.4) is 0 Å². The van der Waals surface area contributed by atoms with E-state index in [9.17, 15) is 4.79 Å². The Morgan fingerprint density at radius 2 is 1.95 bits per heavy atom. The Kier molecular flexibility index (Phi) is 5.31. The van der Waals surface area contributed by atoms with Crippen LogP contribution < -0.4 is 5.73 Å². The summed E-state index contributed by atoms with van der Waals surface area (Å²) in [6.45, 7) is 10.1. The molecule has 21 heavy (non-hydrogen) atoms. The van der Waals surface area contributed by atoms with Crippen molar-refractivity contribution in [1.82, 2.24) is 0 Å². The molecule has 122 valence electrons. The van der Waals surface area contributed by atoms with E-state index in [2.05, 4.69) is 20.8 Å². The Labute approximate surface area is 129 Å². The van der Waals surface area contributed by atoms with Gasteiger partial charge in [-0.25, -0.2) is 0 Å². The molecule has 0 amide bonds. The zero-order valence-electron chi connectivity index (χ0n) is 13.9. The van der Waals surface area contributed by atoms with Crippen LogP contribution in [0.4, 0.5) is 0 Å². The summed E-state index contributed by atoms with van der Waals surface area (Å²) in [6, 6.07) is 0.896. The summed E-state index contributed by atoms with van der Waals surface area (Å²) in [7, 11) is 0. The topological polar surface area (TPSA) is 63.3 Å². The van der Waals surface area contributed by atoms with Crippen LogP contribution in [-0.4, -0.2) is 47.3 Å². The molecular weight excluding hydrogens is 264 g/mol. The molecule has 1 aliphatic carbocycles. The van der Waals surface area contributed by atoms with Crippen molar-refractivity contribution in [3.05, 3.63) is 0 Å². The lowest BCUT2D eigenvalue weighted by Crippen LogP contribution is -2.68. The maximum atomic E-state index is 11.1. The van der Waals surface area contributed by atoms with E-state index in [4.69, 9.17) is 10.8 Å². The molecule has 1 saturated heterocycles. The van der Waals surface area contributed by atoms with Crippen molar-refractivity contribution in [1.29, 1.82) is 0 Å². The van der Waals surface area contributed by atoms with E-state index in [0.29, 0.717) is 5.92 Å². The first kappa shape index (κ1) is 16.8. The number of piperidine rings is 1. The smallest absolute Gasteiger partial charge is 0.303 e. The molecule has 1 saturated carbocycles. The third-order valence-electron chi connectivity index (χ3n) is 5.59. The van der Waals surface area contributed by atoms with Gasteiger partial charge in [-0.3, -0.25) is 4.79 Å². The summed E-state index contributed by atoms with van der Waals surface area (Å²) in [4.78, 5) is 11.1. The van der Waals surface area contributed by atoms with Crippen LogP contribution >= 0.6 is 0 Å². The van der Waals surface area contributed by atoms with Gasteiger partial charge in [0.15, 0.2) is 0 Å². The fourth-order valence-corrected chi connectivity index (χ4v) is 4.51. The van der Waals surface area contributed by atoms with Crippen LogP contribution in [0.15, 0.2) is 0 Å². The van der Waals surface area contributed by atoms with Crippen molar-refractivity contribution < 1.29 is 14.4 Å². The average Bonchev–Trinajstić information content (AvgIpc) is 2.31. The molecule has 0 spiro atoms. The van der Waals surface area contributed by atoms with Gasteiger partial charge in [-0.2, -0.15) is 0 Å². The number of carbonyl (C=O) groups is 1. The highest BCUT2D eigenvalue weighted by molar-refractivity contribution is 5.67. The average molecular weight is 297 g/mol. The first-order valence-electron chi connectivity index (χ1n) is 8.64. The number of hydrogen-bond donors (Lipinski definition) is 2. The van der Waals surface area contributed by atoms with E-state index in [1.165, 1.54) is 25.8 Å². The Bertz CT molecular complexity index is 366. The van der Waals surface area contributed by atoms with Crippen LogP contribution in [0, 0.1) is 17.8 Å². The van der Waals surface area contributed by atoms with Gasteiger partial charge in [0.05, 0.1) is 38.1 Å². The molecule has 0 aromatic carbocycles. The number of rotatable bonds is 6. The van der Waals surface area contributed by atoms with E-state index in [0.717, 1.165) is 36.0 Å². The van der Waals surface area contributed by atoms with Crippen LogP contribution in [0.2, 0.25) is 0 Å². The van der Waals surface area contributed by atoms with Gasteiger partial charge < -0.3 is 15.3 Å². The molecule has 2 fully saturated rings. The Hall–Kier alpha value is -0.610. The molecule has 0 aromatic heterocycles. The molecule has 0 aromatic rings. The summed E-state index contributed by atoms with van der Waals surface area (Å²) in [6.07, 6.45) is 4.99. The number of quaternary nitrogens is 1. The van der Waals surface area contributed by atoms with Gasteiger partial charge >= 0.3 is 5.97 Å². The van der Waals surface area contributed by atoms with Crippen molar-refractivity contribution >= 4 is 5.97 Å². The quantitative estimate of drug-likeness (QED) is 0.740. The van der Waals surface area contributed by atoms with Crippen molar-refractivity contribution in [2.45, 2.75) is 65.0 Å². The van der Waals surface area contributed by atoms with E-state index < -0.39 is 5.97 Å². The first-order chi connectivity index (χ1) is 9.80. The summed E-state index contributed by atoms with van der Waals surface area (Å²) >= 11 is 0. The van der Waals surface area contributed by atoms with Crippen molar-refractivity contribution in [3.63, 3.8) is 0 Å². The molecule has 1 aliphatic heterocycles. The van der Waals surface area contributed by atoms with E-state index >= 15 is 0 Å². The molecule has 2 aliphatic rings. The summed E-state index contributed by atoms with van der Waals surface area (Å²) < 4.78 is 1.10. The van der Waals surface area contributed by atoms with Crippen LogP contribution in [0.1, 0.15) is 52.9 Å². The fourth-order valence-electron chi connectivity index (χ4n) is 4.51. The maximum Gasteiger partial charge on any atom is 0.303 e. The molecule has 3 N–H and O–H groups in total. The number of carboxylic acids is 1. The second-order valence-electron chi connectivity index (χ2n) is 8.18. The van der Waals surface area contributed by atoms with Gasteiger partial charge in [0.2, 0.25) is 0 Å². The SMILES string of the molecule is CC(C)CC[N+]1(C2CC(C)C2)CC(N)CC(CC(=O)O)C1. The fraction of sp³-hybridized carbons (Fsp3) is 0.941. The Morgan fingerprint density at radius 1 is 1.29 bits per heavy atom. The lowest BCUT2D eigenvalue weighted by atomic mass is 9.76. The Balaban J connectivity index is 2.10. The van der Waals surface area contributed by atoms with Crippen LogP contribution in [0.25, 0.3) is 0 Å². The van der Waals surface area contributed by atoms with Crippen LogP contribution in [0.5, 0.6) is 0 Å². The molecule has 3 unspecified atom stereocenters. The number of carboxylic acid groups (broad SMARTS) is 1. The first-order valence-corrected chi connectivity index (χ1v) is 8.64. The molecule has 1 heterocycles. The predicted octanol–water partition coefficient (Wildman–Crippen LogP) is 2.47. The minimum atomic E-state index is -0.668. The van der Waals surface area contributed by atoms with Crippen molar-refractivity contribution in [2.24, 2.45) is 23.5 Å². The zero-order valence-corrected chi connectivity index (χ0v) is 13.9. The molecular formula is C17H33N2O2+. The lowest BCUT2D eigenvalue weighted by Gasteiger charge is -2.55. The molecule has 4 nitrogen and oxygen atoms in total. The second kappa shape index (κ2) is 6.66. The summed E-state index contributed by atoms with van der Waals surface area (Å²) in [5.74, 6) is 1.13. The van der Waals surface area contributed by atoms with Gasteiger partial charge in [-0.1, -0.05) is 20.8 Å². The molecule has 0 bridgehead atoms. The number of aliphatic carboxylic acids is 1. The Morgan fingerprint density at radius 3 is 2.48 bits per heavy atom. The largest absolute Gasteiger partial charge is 0.481 e. The second-order valence-corrected chi connectivity index (χ2v) is 8.18. The highest BCUT2D eigenvalue weighted by Crippen LogP contribution is 2.40. The van der Waals surface area contributed by atoms with Crippen molar-refractivity contribution in [3.8, 4) is 0 Å². The van der Waals surface area contributed by atoms with Crippen molar-refractivity contribution in [2.75, 3.05) is 19.6 Å². The molecule has 4 heteroatoms. The lowest BCUT2D eigenvalue weighted by molar-refractivity contribution is -0.966. The number of hydrogen-bond acceptors (Lipinski definition) is 2. The monoisotopic (exact) mass is 297 g/mol. The third kappa shape index (κ3) is 4.19. The van der Waals surface area contributed by atoms with Gasteiger partial charge in [0, 0.05) is 18.8 Å². The number of nitrogens with zero attached hydrogens (tertiary/aromatic N) is 1. The van der Waals surface area contributed by atoms with Gasteiger partial charge in [0.25, 0.3) is 0 Å². The standard InChI is InChI=1S/C17H32N2O2/c1-12(2)4-5-19(16-6-13(3)7-16)10-14(9-17(20)21)8-15(18)11-19/h12-16H,4-11,18H2,1-3H3/p+1. The predicted molar refractivity (Wildman–Crippen MR) is 84.8 cm³/mol. The van der Waals surface area contributed by atoms with E-state index in [1.54, 1.807) is 0 Å². The van der Waals surface area contributed by atoms with Crippen LogP contribution in [-0.2, 0) is 4.79 Å². The third-order valence-corrected chi connectivity index (χ3v) is 5.59. The number of nitrogens with two attached hydrogens (primary N) is 1. The van der Waals surface area contributed by atoms with E-state index in [-0.39, 0.29) is 18.4 Å². The summed E-state index contributed by atoms with van der Waals surface area (Å²) in [5.41, 5.74) is 6.33. The highest BCUT2D eigenvalue weighted by atomic mass is 16.4. The van der Waals surface area contributed by atoms with E-state index in [1.807, 2.05) is 0 Å². The maximum absolute atomic E-state index is 11.1. The molecule has 0 radical (unpaired) electrons. The zero-order chi connectivity index (χ0) is 15.6. The summed E-state index contributed by atoms with van der Waals surface area (Å²) in [5, 5.41) is 9.14. The normalized spacial score (nSPS) is 40.0. The molecule has 2 rings (SSSR count). The minimum absolute atomic E-state index is 0.172. The van der Waals surface area contributed by atoms with Gasteiger partial charge in [-0.15, -0.1) is 0 Å². The molecule has 3 atom stereocenters.